The summed E-state index contributed by atoms with van der Waals surface area (Å²) >= 11 is 0. The van der Waals surface area contributed by atoms with Crippen molar-refractivity contribution < 1.29 is 4.43 Å². The average Bonchev–Trinajstić information content (AvgIpc) is 2.35. The van der Waals surface area contributed by atoms with Gasteiger partial charge in [-0.15, -0.1) is 0 Å². The molecular weight excluding hydrogens is 248 g/mol. The zero-order valence-corrected chi connectivity index (χ0v) is 15.5. The van der Waals surface area contributed by atoms with Crippen molar-refractivity contribution in [3.63, 3.8) is 0 Å². The summed E-state index contributed by atoms with van der Waals surface area (Å²) in [6, 6.07) is 2.27. The Hall–Kier alpha value is -1.02. The van der Waals surface area contributed by atoms with Crippen LogP contribution in [0.25, 0.3) is 6.08 Å². The van der Waals surface area contributed by atoms with Gasteiger partial charge in [-0.3, -0.25) is 0 Å². The molecule has 0 aromatic heterocycles. The lowest BCUT2D eigenvalue weighted by molar-refractivity contribution is 0.574. The molecule has 0 heterocycles. The summed E-state index contributed by atoms with van der Waals surface area (Å²) in [5, 5.41) is 0. The summed E-state index contributed by atoms with van der Waals surface area (Å²) in [6.45, 7) is 17.5. The van der Waals surface area contributed by atoms with Crippen LogP contribution in [0.15, 0.2) is 12.6 Å². The highest BCUT2D eigenvalue weighted by Crippen LogP contribution is 2.41. The Morgan fingerprint density at radius 3 is 1.84 bits per heavy atom. The molecule has 0 bridgehead atoms. The largest absolute Gasteiger partial charge is 0.553 e. The fraction of sp³-hybridized carbons (Fsp3) is 0.529. The smallest absolute Gasteiger partial charge is 0.204 e. The molecule has 106 valence electrons. The van der Waals surface area contributed by atoms with Gasteiger partial charge in [0.15, 0.2) is 0 Å². The van der Waals surface area contributed by atoms with Crippen LogP contribution in [0.5, 0.6) is 5.75 Å². The molecule has 1 nitrogen and oxygen atoms in total. The van der Waals surface area contributed by atoms with Crippen molar-refractivity contribution in [1.29, 1.82) is 0 Å². The van der Waals surface area contributed by atoms with E-state index in [0.29, 0.717) is 17.8 Å². The van der Waals surface area contributed by atoms with E-state index in [-0.39, 0.29) is 0 Å². The first-order valence-corrected chi connectivity index (χ1v) is 8.03. The van der Waals surface area contributed by atoms with Gasteiger partial charge in [-0.2, -0.15) is 0 Å². The lowest BCUT2D eigenvalue weighted by Crippen LogP contribution is -2.09. The standard InChI is InChI=1S/C17H28OSi/c1-8-13-9-14(10(2)3)17(18-19)16(12(6)7)15(13)11(4)5/h8-12H,1H2,2-7,19H3. The maximum absolute atomic E-state index is 5.89. The molecule has 0 atom stereocenters. The van der Waals surface area contributed by atoms with Gasteiger partial charge in [-0.1, -0.05) is 54.2 Å². The van der Waals surface area contributed by atoms with E-state index in [2.05, 4.69) is 54.2 Å². The van der Waals surface area contributed by atoms with E-state index in [1.165, 1.54) is 22.3 Å². The molecule has 0 radical (unpaired) electrons. The van der Waals surface area contributed by atoms with Crippen LogP contribution in [0.4, 0.5) is 0 Å². The lowest BCUT2D eigenvalue weighted by Gasteiger charge is -2.26. The van der Waals surface area contributed by atoms with E-state index in [1.807, 2.05) is 6.08 Å². The average molecular weight is 276 g/mol. The fourth-order valence-electron chi connectivity index (χ4n) is 2.79. The van der Waals surface area contributed by atoms with Crippen LogP contribution in [0.2, 0.25) is 0 Å². The Bertz CT molecular complexity index is 459. The molecular formula is C17H28OSi. The van der Waals surface area contributed by atoms with Gasteiger partial charge >= 0.3 is 0 Å². The Balaban J connectivity index is 3.77. The molecule has 2 heteroatoms. The Morgan fingerprint density at radius 2 is 1.53 bits per heavy atom. The molecule has 1 rings (SSSR count). The van der Waals surface area contributed by atoms with Crippen LogP contribution < -0.4 is 4.43 Å². The van der Waals surface area contributed by atoms with Crippen LogP contribution in [0.3, 0.4) is 0 Å². The highest BCUT2D eigenvalue weighted by molar-refractivity contribution is 6.00. The third-order valence-corrected chi connectivity index (χ3v) is 4.03. The third-order valence-electron chi connectivity index (χ3n) is 3.62. The summed E-state index contributed by atoms with van der Waals surface area (Å²) in [4.78, 5) is 0. The fourth-order valence-corrected chi connectivity index (χ4v) is 3.24. The zero-order chi connectivity index (χ0) is 14.7. The minimum absolute atomic E-state index is 0.471. The number of benzene rings is 1. The van der Waals surface area contributed by atoms with Crippen molar-refractivity contribution in [3.8, 4) is 5.75 Å². The van der Waals surface area contributed by atoms with E-state index in [1.54, 1.807) is 0 Å². The third kappa shape index (κ3) is 3.11. The summed E-state index contributed by atoms with van der Waals surface area (Å²) in [7, 11) is 0.733. The van der Waals surface area contributed by atoms with Gasteiger partial charge in [0, 0.05) is 0 Å². The Kier molecular flexibility index (Phi) is 5.42. The minimum atomic E-state index is 0.471. The highest BCUT2D eigenvalue weighted by atomic mass is 28.2. The second-order valence-corrected chi connectivity index (χ2v) is 6.49. The van der Waals surface area contributed by atoms with Gasteiger partial charge in [0.05, 0.1) is 0 Å². The predicted octanol–water partition coefficient (Wildman–Crippen LogP) is 4.36. The van der Waals surface area contributed by atoms with Gasteiger partial charge in [-0.25, -0.2) is 0 Å². The van der Waals surface area contributed by atoms with Crippen molar-refractivity contribution in [2.45, 2.75) is 59.3 Å². The highest BCUT2D eigenvalue weighted by Gasteiger charge is 2.22. The number of rotatable bonds is 5. The molecule has 0 N–H and O–H groups in total. The number of hydrogen-bond donors (Lipinski definition) is 0. The molecule has 0 aliphatic rings. The second kappa shape index (κ2) is 6.42. The normalized spacial score (nSPS) is 11.6. The van der Waals surface area contributed by atoms with Gasteiger partial charge in [-0.05, 0) is 46.1 Å². The molecule has 0 aliphatic carbocycles. The SMILES string of the molecule is C=Cc1cc(C(C)C)c(O[SiH3])c(C(C)C)c1C(C)C. The zero-order valence-electron chi connectivity index (χ0n) is 13.5. The maximum atomic E-state index is 5.89. The summed E-state index contributed by atoms with van der Waals surface area (Å²) in [5.74, 6) is 2.56. The molecule has 0 amide bonds. The van der Waals surface area contributed by atoms with Crippen molar-refractivity contribution in [1.82, 2.24) is 0 Å². The Morgan fingerprint density at radius 1 is 1.00 bits per heavy atom. The van der Waals surface area contributed by atoms with Crippen LogP contribution in [0.1, 0.15) is 81.5 Å². The summed E-state index contributed by atoms with van der Waals surface area (Å²) in [5.41, 5.74) is 5.37. The first-order valence-electron chi connectivity index (χ1n) is 7.22. The molecule has 0 aliphatic heterocycles. The van der Waals surface area contributed by atoms with Crippen molar-refractivity contribution in [2.24, 2.45) is 0 Å². The summed E-state index contributed by atoms with van der Waals surface area (Å²) in [6.07, 6.45) is 1.99. The van der Waals surface area contributed by atoms with Crippen LogP contribution >= 0.6 is 0 Å². The lowest BCUT2D eigenvalue weighted by atomic mass is 9.82. The van der Waals surface area contributed by atoms with E-state index in [0.717, 1.165) is 16.2 Å². The first-order chi connectivity index (χ1) is 8.84. The van der Waals surface area contributed by atoms with Crippen LogP contribution in [-0.2, 0) is 0 Å². The molecule has 0 spiro atoms. The Labute approximate surface area is 121 Å². The number of hydrogen-bond acceptors (Lipinski definition) is 1. The molecule has 0 fully saturated rings. The van der Waals surface area contributed by atoms with Crippen LogP contribution in [-0.4, -0.2) is 10.5 Å². The predicted molar refractivity (Wildman–Crippen MR) is 89.4 cm³/mol. The molecule has 1 aromatic rings. The summed E-state index contributed by atoms with van der Waals surface area (Å²) < 4.78 is 5.89. The molecule has 0 saturated heterocycles. The van der Waals surface area contributed by atoms with Crippen molar-refractivity contribution >= 4 is 16.6 Å². The van der Waals surface area contributed by atoms with Gasteiger partial charge in [0.2, 0.25) is 10.5 Å². The van der Waals surface area contributed by atoms with Crippen LogP contribution in [0, 0.1) is 0 Å². The molecule has 19 heavy (non-hydrogen) atoms. The monoisotopic (exact) mass is 276 g/mol. The van der Waals surface area contributed by atoms with E-state index >= 15 is 0 Å². The van der Waals surface area contributed by atoms with E-state index in [9.17, 15) is 0 Å². The molecule has 0 saturated carbocycles. The van der Waals surface area contributed by atoms with Crippen molar-refractivity contribution in [3.05, 3.63) is 34.9 Å². The van der Waals surface area contributed by atoms with Crippen molar-refractivity contribution in [2.75, 3.05) is 0 Å². The minimum Gasteiger partial charge on any atom is -0.553 e. The van der Waals surface area contributed by atoms with Gasteiger partial charge in [0.1, 0.15) is 5.75 Å². The van der Waals surface area contributed by atoms with Gasteiger partial charge < -0.3 is 4.43 Å². The topological polar surface area (TPSA) is 9.23 Å². The quantitative estimate of drug-likeness (QED) is 0.726. The second-order valence-electron chi connectivity index (χ2n) is 6.08. The molecule has 0 unspecified atom stereocenters. The van der Waals surface area contributed by atoms with Gasteiger partial charge in [0.25, 0.3) is 0 Å². The maximum Gasteiger partial charge on any atom is 0.204 e. The molecule has 1 aromatic carbocycles. The van der Waals surface area contributed by atoms with E-state index < -0.39 is 0 Å². The van der Waals surface area contributed by atoms with E-state index in [4.69, 9.17) is 4.43 Å². The first kappa shape index (κ1) is 16.0.